The predicted molar refractivity (Wildman–Crippen MR) is 68.9 cm³/mol. The molecule has 0 saturated heterocycles. The molecule has 17 heavy (non-hydrogen) atoms. The quantitative estimate of drug-likeness (QED) is 0.822. The molecule has 3 heteroatoms. The summed E-state index contributed by atoms with van der Waals surface area (Å²) in [7, 11) is 0. The van der Waals surface area contributed by atoms with Crippen molar-refractivity contribution in [2.45, 2.75) is 20.5 Å². The van der Waals surface area contributed by atoms with Crippen molar-refractivity contribution in [3.63, 3.8) is 0 Å². The largest absolute Gasteiger partial charge is 0.487 e. The van der Waals surface area contributed by atoms with Crippen LogP contribution in [0.25, 0.3) is 0 Å². The molecule has 0 radical (unpaired) electrons. The number of aromatic nitrogens is 1. The lowest BCUT2D eigenvalue weighted by Gasteiger charge is -2.09. The van der Waals surface area contributed by atoms with E-state index < -0.39 is 0 Å². The number of hydrogen-bond donors (Lipinski definition) is 1. The Morgan fingerprint density at radius 2 is 2.00 bits per heavy atom. The zero-order valence-electron chi connectivity index (χ0n) is 10.1. The number of nitrogens with two attached hydrogens (primary N) is 1. The first kappa shape index (κ1) is 11.5. The second-order valence-electron chi connectivity index (χ2n) is 4.14. The van der Waals surface area contributed by atoms with Gasteiger partial charge in [0.1, 0.15) is 12.4 Å². The number of rotatable bonds is 3. The average molecular weight is 228 g/mol. The fraction of sp³-hybridized carbons (Fsp3) is 0.214. The van der Waals surface area contributed by atoms with Crippen molar-refractivity contribution < 1.29 is 4.74 Å². The molecule has 0 aliphatic rings. The molecule has 88 valence electrons. The smallest absolute Gasteiger partial charge is 0.130 e. The third kappa shape index (κ3) is 2.97. The van der Waals surface area contributed by atoms with Crippen molar-refractivity contribution >= 4 is 5.69 Å². The van der Waals surface area contributed by atoms with Crippen molar-refractivity contribution in [1.29, 1.82) is 0 Å². The van der Waals surface area contributed by atoms with Crippen LogP contribution in [0.1, 0.15) is 16.8 Å². The molecular weight excluding hydrogens is 212 g/mol. The lowest BCUT2D eigenvalue weighted by molar-refractivity contribution is 0.299. The first-order valence-electron chi connectivity index (χ1n) is 5.55. The Labute approximate surface area is 101 Å². The van der Waals surface area contributed by atoms with Crippen molar-refractivity contribution in [2.24, 2.45) is 0 Å². The second kappa shape index (κ2) is 4.87. The van der Waals surface area contributed by atoms with Crippen LogP contribution in [0.15, 0.2) is 36.5 Å². The molecule has 0 aliphatic carbocycles. The SMILES string of the molecule is Cc1ccnc(COc2ccc(N)cc2C)c1. The summed E-state index contributed by atoms with van der Waals surface area (Å²) in [4.78, 5) is 4.25. The summed E-state index contributed by atoms with van der Waals surface area (Å²) in [6, 6.07) is 9.62. The van der Waals surface area contributed by atoms with Gasteiger partial charge in [0.15, 0.2) is 0 Å². The third-order valence-electron chi connectivity index (χ3n) is 2.55. The molecule has 1 aromatic carbocycles. The number of nitrogen functional groups attached to an aromatic ring is 1. The van der Waals surface area contributed by atoms with Gasteiger partial charge in [-0.1, -0.05) is 0 Å². The van der Waals surface area contributed by atoms with Gasteiger partial charge in [0, 0.05) is 11.9 Å². The van der Waals surface area contributed by atoms with Crippen LogP contribution in [-0.2, 0) is 6.61 Å². The fourth-order valence-electron chi connectivity index (χ4n) is 1.66. The van der Waals surface area contributed by atoms with Gasteiger partial charge in [0.05, 0.1) is 5.69 Å². The van der Waals surface area contributed by atoms with Gasteiger partial charge in [-0.2, -0.15) is 0 Å². The van der Waals surface area contributed by atoms with Gasteiger partial charge < -0.3 is 10.5 Å². The molecule has 0 bridgehead atoms. The highest BCUT2D eigenvalue weighted by atomic mass is 16.5. The summed E-state index contributed by atoms with van der Waals surface area (Å²) in [6.07, 6.45) is 1.80. The first-order chi connectivity index (χ1) is 8.15. The average Bonchev–Trinajstić information content (AvgIpc) is 2.28. The maximum atomic E-state index is 5.71. The van der Waals surface area contributed by atoms with Gasteiger partial charge in [0.2, 0.25) is 0 Å². The summed E-state index contributed by atoms with van der Waals surface area (Å²) in [6.45, 7) is 4.50. The third-order valence-corrected chi connectivity index (χ3v) is 2.55. The van der Waals surface area contributed by atoms with Crippen LogP contribution >= 0.6 is 0 Å². The minimum absolute atomic E-state index is 0.479. The molecule has 1 heterocycles. The molecule has 0 amide bonds. The monoisotopic (exact) mass is 228 g/mol. The molecule has 0 spiro atoms. The number of pyridine rings is 1. The maximum absolute atomic E-state index is 5.71. The van der Waals surface area contributed by atoms with E-state index >= 15 is 0 Å². The Bertz CT molecular complexity index is 523. The van der Waals surface area contributed by atoms with Crippen LogP contribution in [0.5, 0.6) is 5.75 Å². The molecule has 0 fully saturated rings. The minimum Gasteiger partial charge on any atom is -0.487 e. The first-order valence-corrected chi connectivity index (χ1v) is 5.55. The Balaban J connectivity index is 2.07. The number of ether oxygens (including phenoxy) is 1. The molecule has 2 N–H and O–H groups in total. The number of hydrogen-bond acceptors (Lipinski definition) is 3. The van der Waals surface area contributed by atoms with Crippen molar-refractivity contribution in [3.05, 3.63) is 53.3 Å². The highest BCUT2D eigenvalue weighted by Gasteiger charge is 2.01. The maximum Gasteiger partial charge on any atom is 0.130 e. The van der Waals surface area contributed by atoms with Crippen molar-refractivity contribution in [2.75, 3.05) is 5.73 Å². The molecule has 0 unspecified atom stereocenters. The van der Waals surface area contributed by atoms with Gasteiger partial charge in [-0.3, -0.25) is 4.98 Å². The lowest BCUT2D eigenvalue weighted by Crippen LogP contribution is -2.00. The topological polar surface area (TPSA) is 48.1 Å². The summed E-state index contributed by atoms with van der Waals surface area (Å²) in [5, 5.41) is 0. The van der Waals surface area contributed by atoms with Crippen molar-refractivity contribution in [1.82, 2.24) is 4.98 Å². The zero-order chi connectivity index (χ0) is 12.3. The predicted octanol–water partition coefficient (Wildman–Crippen LogP) is 2.86. The molecule has 1 aromatic heterocycles. The molecule has 2 aromatic rings. The van der Waals surface area contributed by atoms with Crippen LogP contribution in [0.2, 0.25) is 0 Å². The number of aryl methyl sites for hydroxylation is 2. The van der Waals surface area contributed by atoms with Crippen LogP contribution in [-0.4, -0.2) is 4.98 Å². The number of nitrogens with zero attached hydrogens (tertiary/aromatic N) is 1. The van der Waals surface area contributed by atoms with E-state index in [-0.39, 0.29) is 0 Å². The normalized spacial score (nSPS) is 10.2. The second-order valence-corrected chi connectivity index (χ2v) is 4.14. The summed E-state index contributed by atoms with van der Waals surface area (Å²) < 4.78 is 5.71. The van der Waals surface area contributed by atoms with Gasteiger partial charge in [-0.05, 0) is 55.3 Å². The van der Waals surface area contributed by atoms with E-state index in [1.54, 1.807) is 6.20 Å². The summed E-state index contributed by atoms with van der Waals surface area (Å²) in [5.74, 6) is 0.850. The Hall–Kier alpha value is -2.03. The van der Waals surface area contributed by atoms with E-state index in [0.29, 0.717) is 6.61 Å². The van der Waals surface area contributed by atoms with E-state index in [4.69, 9.17) is 10.5 Å². The number of benzene rings is 1. The molecule has 3 nitrogen and oxygen atoms in total. The number of anilines is 1. The van der Waals surface area contributed by atoms with E-state index in [1.807, 2.05) is 44.2 Å². The Kier molecular flexibility index (Phi) is 3.28. The van der Waals surface area contributed by atoms with E-state index in [1.165, 1.54) is 5.56 Å². The van der Waals surface area contributed by atoms with E-state index in [2.05, 4.69) is 4.98 Å². The van der Waals surface area contributed by atoms with Gasteiger partial charge in [-0.15, -0.1) is 0 Å². The van der Waals surface area contributed by atoms with Crippen LogP contribution in [0.3, 0.4) is 0 Å². The highest BCUT2D eigenvalue weighted by molar-refractivity contribution is 5.47. The van der Waals surface area contributed by atoms with Crippen molar-refractivity contribution in [3.8, 4) is 5.75 Å². The molecule has 0 aliphatic heterocycles. The molecule has 2 rings (SSSR count). The molecule has 0 atom stereocenters. The molecule has 0 saturated carbocycles. The Morgan fingerprint density at radius 1 is 1.18 bits per heavy atom. The summed E-state index contributed by atoms with van der Waals surface area (Å²) in [5.41, 5.74) is 9.60. The Morgan fingerprint density at radius 3 is 2.71 bits per heavy atom. The lowest BCUT2D eigenvalue weighted by atomic mass is 10.2. The van der Waals surface area contributed by atoms with E-state index in [9.17, 15) is 0 Å². The zero-order valence-corrected chi connectivity index (χ0v) is 10.1. The van der Waals surface area contributed by atoms with Gasteiger partial charge in [0.25, 0.3) is 0 Å². The van der Waals surface area contributed by atoms with Crippen LogP contribution in [0, 0.1) is 13.8 Å². The highest BCUT2D eigenvalue weighted by Crippen LogP contribution is 2.21. The minimum atomic E-state index is 0.479. The standard InChI is InChI=1S/C14H16N2O/c1-10-5-6-16-13(7-10)9-17-14-4-3-12(15)8-11(14)2/h3-8H,9,15H2,1-2H3. The van der Waals surface area contributed by atoms with Crippen LogP contribution in [0.4, 0.5) is 5.69 Å². The fourth-order valence-corrected chi connectivity index (χ4v) is 1.66. The van der Waals surface area contributed by atoms with Gasteiger partial charge >= 0.3 is 0 Å². The summed E-state index contributed by atoms with van der Waals surface area (Å²) >= 11 is 0. The van der Waals surface area contributed by atoms with E-state index in [0.717, 1.165) is 22.7 Å². The molecular formula is C14H16N2O. The van der Waals surface area contributed by atoms with Crippen LogP contribution < -0.4 is 10.5 Å². The van der Waals surface area contributed by atoms with Gasteiger partial charge in [-0.25, -0.2) is 0 Å².